The number of amides is 1. The van der Waals surface area contributed by atoms with Gasteiger partial charge in [-0.25, -0.2) is 8.78 Å². The molecule has 4 aromatic rings. The van der Waals surface area contributed by atoms with Gasteiger partial charge in [-0.15, -0.1) is 10.2 Å². The summed E-state index contributed by atoms with van der Waals surface area (Å²) in [5.41, 5.74) is 3.67. The van der Waals surface area contributed by atoms with E-state index in [-0.39, 0.29) is 0 Å². The molecule has 5 nitrogen and oxygen atoms in total. The van der Waals surface area contributed by atoms with Crippen molar-refractivity contribution in [3.63, 3.8) is 0 Å². The first-order valence-electron chi connectivity index (χ1n) is 9.81. The van der Waals surface area contributed by atoms with Crippen molar-refractivity contribution in [2.75, 3.05) is 24.3 Å². The van der Waals surface area contributed by atoms with Gasteiger partial charge in [0.05, 0.1) is 0 Å². The smallest absolute Gasteiger partial charge is 0.261 e. The van der Waals surface area contributed by atoms with E-state index < -0.39 is 23.1 Å². The number of carbonyl (C=O) groups excluding carboxylic acids is 1. The summed E-state index contributed by atoms with van der Waals surface area (Å²) in [5, 5.41) is 12.7. The van der Waals surface area contributed by atoms with E-state index in [2.05, 4.69) is 15.5 Å². The van der Waals surface area contributed by atoms with Crippen LogP contribution in [0.25, 0.3) is 21.7 Å². The second-order valence-corrected chi connectivity index (χ2v) is 8.40. The number of aryl methyl sites for hydroxylation is 1. The highest BCUT2D eigenvalue weighted by molar-refractivity contribution is 7.18. The molecule has 0 radical (unpaired) electrons. The number of carbonyl (C=O) groups is 1. The highest BCUT2D eigenvalue weighted by Crippen LogP contribution is 2.32. The number of nitrogens with zero attached hydrogens (tertiary/aromatic N) is 3. The number of halogens is 2. The van der Waals surface area contributed by atoms with E-state index in [0.29, 0.717) is 5.69 Å². The second kappa shape index (κ2) is 8.84. The van der Waals surface area contributed by atoms with Gasteiger partial charge >= 0.3 is 0 Å². The van der Waals surface area contributed by atoms with E-state index in [1.165, 1.54) is 17.4 Å². The van der Waals surface area contributed by atoms with Gasteiger partial charge in [-0.3, -0.25) is 4.79 Å². The molecule has 0 saturated carbocycles. The quantitative estimate of drug-likeness (QED) is 0.419. The Balaban J connectivity index is 1.59. The largest absolute Gasteiger partial charge is 0.353 e. The molecule has 0 atom stereocenters. The monoisotopic (exact) mass is 450 g/mol. The number of benzene rings is 3. The van der Waals surface area contributed by atoms with Crippen LogP contribution in [0, 0.1) is 18.6 Å². The van der Waals surface area contributed by atoms with E-state index in [4.69, 9.17) is 0 Å². The molecular weight excluding hydrogens is 430 g/mol. The number of hydrogen-bond donors (Lipinski definition) is 1. The lowest BCUT2D eigenvalue weighted by Crippen LogP contribution is -2.15. The van der Waals surface area contributed by atoms with Crippen molar-refractivity contribution >= 4 is 28.1 Å². The molecule has 1 N–H and O–H groups in total. The minimum absolute atomic E-state index is 0.454. The van der Waals surface area contributed by atoms with Gasteiger partial charge in [0.1, 0.15) is 22.2 Å². The lowest BCUT2D eigenvalue weighted by Gasteiger charge is -2.11. The molecule has 0 unspecified atom stereocenters. The van der Waals surface area contributed by atoms with Crippen LogP contribution in [0.4, 0.5) is 19.6 Å². The Bertz CT molecular complexity index is 1280. The van der Waals surface area contributed by atoms with Crippen LogP contribution in [0.3, 0.4) is 0 Å². The molecule has 1 aromatic heterocycles. The number of nitrogens with one attached hydrogen (secondary N) is 1. The first-order valence-corrected chi connectivity index (χ1v) is 10.6. The van der Waals surface area contributed by atoms with Gasteiger partial charge in [-0.1, -0.05) is 41.7 Å². The molecule has 32 heavy (non-hydrogen) atoms. The Morgan fingerprint density at radius 1 is 0.938 bits per heavy atom. The molecule has 0 fully saturated rings. The van der Waals surface area contributed by atoms with Crippen molar-refractivity contribution in [2.24, 2.45) is 0 Å². The first-order chi connectivity index (χ1) is 15.3. The Hall–Kier alpha value is -3.65. The molecule has 1 amide bonds. The molecule has 0 aliphatic rings. The van der Waals surface area contributed by atoms with E-state index in [9.17, 15) is 13.6 Å². The lowest BCUT2D eigenvalue weighted by molar-refractivity contribution is 0.101. The summed E-state index contributed by atoms with van der Waals surface area (Å²) in [6, 6.07) is 16.6. The van der Waals surface area contributed by atoms with Crippen LogP contribution in [-0.4, -0.2) is 30.2 Å². The second-order valence-electron chi connectivity index (χ2n) is 7.45. The molecule has 0 aliphatic heterocycles. The molecule has 0 bridgehead atoms. The van der Waals surface area contributed by atoms with Crippen LogP contribution in [0.5, 0.6) is 0 Å². The van der Waals surface area contributed by atoms with E-state index >= 15 is 0 Å². The minimum atomic E-state index is -0.901. The van der Waals surface area contributed by atoms with Crippen LogP contribution in [-0.2, 0) is 0 Å². The minimum Gasteiger partial charge on any atom is -0.353 e. The van der Waals surface area contributed by atoms with E-state index in [1.54, 1.807) is 12.1 Å². The van der Waals surface area contributed by atoms with Crippen LogP contribution < -0.4 is 10.2 Å². The van der Waals surface area contributed by atoms with E-state index in [0.717, 1.165) is 44.5 Å². The van der Waals surface area contributed by atoms with Gasteiger partial charge in [-0.05, 0) is 53.9 Å². The molecular formula is C24H20F2N4OS. The summed E-state index contributed by atoms with van der Waals surface area (Å²) < 4.78 is 27.8. The Kier molecular flexibility index (Phi) is 5.96. The summed E-state index contributed by atoms with van der Waals surface area (Å²) in [4.78, 5) is 14.3. The third kappa shape index (κ3) is 4.36. The summed E-state index contributed by atoms with van der Waals surface area (Å²) in [7, 11) is 3.84. The zero-order chi connectivity index (χ0) is 22.8. The fourth-order valence-corrected chi connectivity index (χ4v) is 4.07. The average Bonchev–Trinajstić information content (AvgIpc) is 3.25. The molecule has 3 aromatic carbocycles. The van der Waals surface area contributed by atoms with Crippen molar-refractivity contribution in [1.82, 2.24) is 10.2 Å². The normalized spacial score (nSPS) is 10.8. The first kappa shape index (κ1) is 21.6. The molecule has 0 spiro atoms. The maximum absolute atomic E-state index is 13.9. The maximum atomic E-state index is 13.9. The van der Waals surface area contributed by atoms with Gasteiger partial charge in [0, 0.05) is 25.3 Å². The van der Waals surface area contributed by atoms with Gasteiger partial charge in [0.2, 0.25) is 5.13 Å². The van der Waals surface area contributed by atoms with Crippen LogP contribution in [0.15, 0.2) is 60.7 Å². The number of hydrogen-bond acceptors (Lipinski definition) is 5. The summed E-state index contributed by atoms with van der Waals surface area (Å²) in [6.45, 7) is 1.91. The predicted molar refractivity (Wildman–Crippen MR) is 124 cm³/mol. The summed E-state index contributed by atoms with van der Waals surface area (Å²) >= 11 is 1.51. The van der Waals surface area contributed by atoms with Crippen molar-refractivity contribution in [3.8, 4) is 21.7 Å². The fourth-order valence-electron chi connectivity index (χ4n) is 3.31. The molecule has 8 heteroatoms. The Morgan fingerprint density at radius 2 is 1.62 bits per heavy atom. The molecule has 4 rings (SSSR count). The van der Waals surface area contributed by atoms with Gasteiger partial charge in [0.25, 0.3) is 5.91 Å². The molecule has 162 valence electrons. The topological polar surface area (TPSA) is 58.1 Å². The molecule has 0 saturated heterocycles. The predicted octanol–water partition coefficient (Wildman–Crippen LogP) is 5.78. The van der Waals surface area contributed by atoms with Crippen molar-refractivity contribution in [2.45, 2.75) is 6.92 Å². The zero-order valence-electron chi connectivity index (χ0n) is 17.7. The van der Waals surface area contributed by atoms with Crippen LogP contribution in [0.1, 0.15) is 15.9 Å². The van der Waals surface area contributed by atoms with Gasteiger partial charge < -0.3 is 10.2 Å². The Morgan fingerprint density at radius 3 is 2.28 bits per heavy atom. The van der Waals surface area contributed by atoms with Crippen LogP contribution >= 0.6 is 11.3 Å². The lowest BCUT2D eigenvalue weighted by atomic mass is 9.98. The molecule has 0 aliphatic carbocycles. The van der Waals surface area contributed by atoms with Gasteiger partial charge in [-0.2, -0.15) is 0 Å². The number of rotatable bonds is 5. The third-order valence-electron chi connectivity index (χ3n) is 4.89. The zero-order valence-corrected chi connectivity index (χ0v) is 18.5. The van der Waals surface area contributed by atoms with Gasteiger partial charge in [0.15, 0.2) is 0 Å². The fraction of sp³-hybridized carbons (Fsp3) is 0.125. The Labute approximate surface area is 188 Å². The summed E-state index contributed by atoms with van der Waals surface area (Å²) in [5.74, 6) is -2.63. The third-order valence-corrected chi connectivity index (χ3v) is 6.03. The van der Waals surface area contributed by atoms with E-state index in [1.807, 2.05) is 56.3 Å². The van der Waals surface area contributed by atoms with Crippen LogP contribution in [0.2, 0.25) is 0 Å². The average molecular weight is 451 g/mol. The number of aromatic nitrogens is 2. The SMILES string of the molecule is Cc1cc(NC(=O)c2c(F)cccc2F)ccc1-c1cccc(-c2nnc(N(C)C)s2)c1. The van der Waals surface area contributed by atoms with Crippen molar-refractivity contribution < 1.29 is 13.6 Å². The van der Waals surface area contributed by atoms with Crippen molar-refractivity contribution in [1.29, 1.82) is 0 Å². The highest BCUT2D eigenvalue weighted by atomic mass is 32.1. The molecule has 1 heterocycles. The maximum Gasteiger partial charge on any atom is 0.261 e. The highest BCUT2D eigenvalue weighted by Gasteiger charge is 2.17. The number of anilines is 2. The summed E-state index contributed by atoms with van der Waals surface area (Å²) in [6.07, 6.45) is 0. The standard InChI is InChI=1S/C24H20F2N4OS/c1-14-12-17(27-22(31)21-19(25)8-5-9-20(21)26)10-11-18(14)15-6-4-7-16(13-15)23-28-29-24(32-23)30(2)3/h4-13H,1-3H3,(H,27,31). The van der Waals surface area contributed by atoms with Crippen molar-refractivity contribution in [3.05, 3.63) is 83.4 Å².